The monoisotopic (exact) mass is 354 g/mol. The normalized spacial score (nSPS) is 20.6. The number of anilines is 1. The minimum atomic E-state index is 0.371. The van der Waals surface area contributed by atoms with Gasteiger partial charge in [-0.1, -0.05) is 28.9 Å². The van der Waals surface area contributed by atoms with Crippen molar-refractivity contribution in [1.82, 2.24) is 5.32 Å². The second-order valence-electron chi connectivity index (χ2n) is 5.65. The number of nitrogens with one attached hydrogen (secondary N) is 1. The molecule has 2 unspecified atom stereocenters. The Morgan fingerprint density at radius 2 is 2.24 bits per heavy atom. The van der Waals surface area contributed by atoms with Gasteiger partial charge in [-0.25, -0.2) is 0 Å². The van der Waals surface area contributed by atoms with Crippen LogP contribution in [-0.4, -0.2) is 32.3 Å². The quantitative estimate of drug-likeness (QED) is 0.831. The molecular formula is C17H27BrN2O. The first-order chi connectivity index (χ1) is 10.2. The molecule has 0 radical (unpaired) electrons. The second kappa shape index (κ2) is 8.16. The molecule has 1 aliphatic rings. The lowest BCUT2D eigenvalue weighted by Crippen LogP contribution is -2.39. The van der Waals surface area contributed by atoms with Crippen molar-refractivity contribution in [2.45, 2.75) is 45.8 Å². The molecule has 1 N–H and O–H groups in total. The van der Waals surface area contributed by atoms with E-state index in [1.165, 1.54) is 28.6 Å². The fraction of sp³-hybridized carbons (Fsp3) is 0.647. The third-order valence-corrected chi connectivity index (χ3v) is 4.79. The first-order valence-corrected chi connectivity index (χ1v) is 8.84. The summed E-state index contributed by atoms with van der Waals surface area (Å²) in [6, 6.07) is 7.09. The average molecular weight is 355 g/mol. The summed E-state index contributed by atoms with van der Waals surface area (Å²) < 4.78 is 6.98. The number of benzene rings is 1. The highest BCUT2D eigenvalue weighted by Gasteiger charge is 2.21. The van der Waals surface area contributed by atoms with Crippen molar-refractivity contribution in [2.75, 3.05) is 31.1 Å². The van der Waals surface area contributed by atoms with E-state index in [2.05, 4.69) is 65.1 Å². The van der Waals surface area contributed by atoms with Gasteiger partial charge in [0, 0.05) is 35.9 Å². The van der Waals surface area contributed by atoms with Crippen LogP contribution in [0.15, 0.2) is 22.7 Å². The molecule has 3 nitrogen and oxygen atoms in total. The van der Waals surface area contributed by atoms with E-state index in [-0.39, 0.29) is 0 Å². The van der Waals surface area contributed by atoms with Crippen LogP contribution in [0, 0.1) is 0 Å². The van der Waals surface area contributed by atoms with Gasteiger partial charge in [-0.3, -0.25) is 0 Å². The molecule has 1 heterocycles. The third-order valence-electron chi connectivity index (χ3n) is 4.11. The van der Waals surface area contributed by atoms with Gasteiger partial charge in [0.15, 0.2) is 0 Å². The molecule has 1 fully saturated rings. The average Bonchev–Trinajstić information content (AvgIpc) is 2.48. The number of rotatable bonds is 6. The van der Waals surface area contributed by atoms with Crippen LogP contribution in [0.5, 0.6) is 0 Å². The van der Waals surface area contributed by atoms with E-state index in [0.29, 0.717) is 12.1 Å². The lowest BCUT2D eigenvalue weighted by molar-refractivity contribution is 0.0527. The maximum absolute atomic E-state index is 5.80. The molecule has 21 heavy (non-hydrogen) atoms. The highest BCUT2D eigenvalue weighted by molar-refractivity contribution is 9.10. The molecule has 1 aromatic carbocycles. The van der Waals surface area contributed by atoms with E-state index in [1.807, 2.05) is 0 Å². The summed E-state index contributed by atoms with van der Waals surface area (Å²) in [5, 5.41) is 3.46. The van der Waals surface area contributed by atoms with Crippen molar-refractivity contribution < 1.29 is 4.74 Å². The van der Waals surface area contributed by atoms with Crippen LogP contribution < -0.4 is 10.2 Å². The first kappa shape index (κ1) is 16.8. The number of nitrogens with zero attached hydrogens (tertiary/aromatic N) is 1. The van der Waals surface area contributed by atoms with Crippen molar-refractivity contribution >= 4 is 21.6 Å². The van der Waals surface area contributed by atoms with Crippen molar-refractivity contribution in [3.8, 4) is 0 Å². The molecule has 0 bridgehead atoms. The number of hydrogen-bond acceptors (Lipinski definition) is 3. The Morgan fingerprint density at radius 3 is 2.90 bits per heavy atom. The van der Waals surface area contributed by atoms with Gasteiger partial charge in [-0.2, -0.15) is 0 Å². The Hall–Kier alpha value is -0.580. The SMILES string of the molecule is CCNC(C)c1ccc(N2CCCC(OCC)C2)cc1Br. The van der Waals surface area contributed by atoms with Gasteiger partial charge in [0.1, 0.15) is 0 Å². The molecule has 2 atom stereocenters. The molecule has 4 heteroatoms. The first-order valence-electron chi connectivity index (χ1n) is 8.05. The largest absolute Gasteiger partial charge is 0.377 e. The van der Waals surface area contributed by atoms with Crippen LogP contribution >= 0.6 is 15.9 Å². The maximum atomic E-state index is 5.80. The fourth-order valence-electron chi connectivity index (χ4n) is 3.02. The number of piperidine rings is 1. The molecule has 1 aliphatic heterocycles. The Labute approximate surface area is 137 Å². The smallest absolute Gasteiger partial charge is 0.0750 e. The molecule has 0 aliphatic carbocycles. The van der Waals surface area contributed by atoms with Gasteiger partial charge in [0.25, 0.3) is 0 Å². The predicted octanol–water partition coefficient (Wildman–Crippen LogP) is 4.12. The van der Waals surface area contributed by atoms with Crippen molar-refractivity contribution in [2.24, 2.45) is 0 Å². The molecule has 1 aromatic rings. The number of hydrogen-bond donors (Lipinski definition) is 1. The standard InChI is InChI=1S/C17H27BrN2O/c1-4-19-13(3)16-9-8-14(11-17(16)18)20-10-6-7-15(12-20)21-5-2/h8-9,11,13,15,19H,4-7,10,12H2,1-3H3. The van der Waals surface area contributed by atoms with E-state index in [0.717, 1.165) is 26.2 Å². The van der Waals surface area contributed by atoms with Gasteiger partial charge < -0.3 is 15.0 Å². The van der Waals surface area contributed by atoms with Crippen LogP contribution in [-0.2, 0) is 4.74 Å². The zero-order chi connectivity index (χ0) is 15.2. The third kappa shape index (κ3) is 4.44. The topological polar surface area (TPSA) is 24.5 Å². The van der Waals surface area contributed by atoms with E-state index < -0.39 is 0 Å². The summed E-state index contributed by atoms with van der Waals surface area (Å²) in [7, 11) is 0. The Kier molecular flexibility index (Phi) is 6.52. The van der Waals surface area contributed by atoms with Crippen molar-refractivity contribution in [3.05, 3.63) is 28.2 Å². The lowest BCUT2D eigenvalue weighted by Gasteiger charge is -2.34. The Balaban J connectivity index is 2.08. The lowest BCUT2D eigenvalue weighted by atomic mass is 10.0. The summed E-state index contributed by atoms with van der Waals surface area (Å²) in [4.78, 5) is 2.44. The zero-order valence-corrected chi connectivity index (χ0v) is 14.9. The highest BCUT2D eigenvalue weighted by atomic mass is 79.9. The highest BCUT2D eigenvalue weighted by Crippen LogP contribution is 2.30. The Morgan fingerprint density at radius 1 is 1.43 bits per heavy atom. The Bertz CT molecular complexity index is 450. The number of halogens is 1. The van der Waals surface area contributed by atoms with Gasteiger partial charge >= 0.3 is 0 Å². The van der Waals surface area contributed by atoms with E-state index in [4.69, 9.17) is 4.74 Å². The maximum Gasteiger partial charge on any atom is 0.0750 e. The van der Waals surface area contributed by atoms with Crippen LogP contribution in [0.25, 0.3) is 0 Å². The minimum Gasteiger partial charge on any atom is -0.377 e. The van der Waals surface area contributed by atoms with Gasteiger partial charge in [-0.15, -0.1) is 0 Å². The second-order valence-corrected chi connectivity index (χ2v) is 6.51. The summed E-state index contributed by atoms with van der Waals surface area (Å²) in [6.45, 7) is 10.3. The van der Waals surface area contributed by atoms with Crippen molar-refractivity contribution in [3.63, 3.8) is 0 Å². The van der Waals surface area contributed by atoms with Crippen LogP contribution in [0.1, 0.15) is 45.2 Å². The summed E-state index contributed by atoms with van der Waals surface area (Å²) in [6.07, 6.45) is 2.77. The molecule has 0 amide bonds. The van der Waals surface area contributed by atoms with Gasteiger partial charge in [0.05, 0.1) is 6.10 Å². The van der Waals surface area contributed by atoms with E-state index in [1.54, 1.807) is 0 Å². The van der Waals surface area contributed by atoms with Crippen LogP contribution in [0.2, 0.25) is 0 Å². The van der Waals surface area contributed by atoms with Gasteiger partial charge in [0.2, 0.25) is 0 Å². The summed E-state index contributed by atoms with van der Waals surface area (Å²) in [5.74, 6) is 0. The molecule has 118 valence electrons. The molecule has 0 saturated carbocycles. The molecule has 2 rings (SSSR count). The molecule has 0 spiro atoms. The van der Waals surface area contributed by atoms with Crippen LogP contribution in [0.3, 0.4) is 0 Å². The van der Waals surface area contributed by atoms with Crippen molar-refractivity contribution in [1.29, 1.82) is 0 Å². The molecule has 0 aromatic heterocycles. The number of ether oxygens (including phenoxy) is 1. The molecule has 1 saturated heterocycles. The zero-order valence-electron chi connectivity index (χ0n) is 13.4. The predicted molar refractivity (Wildman–Crippen MR) is 93.1 cm³/mol. The van der Waals surface area contributed by atoms with E-state index >= 15 is 0 Å². The van der Waals surface area contributed by atoms with Crippen LogP contribution in [0.4, 0.5) is 5.69 Å². The van der Waals surface area contributed by atoms with Gasteiger partial charge in [-0.05, 0) is 50.9 Å². The fourth-order valence-corrected chi connectivity index (χ4v) is 3.73. The molecular weight excluding hydrogens is 328 g/mol. The summed E-state index contributed by atoms with van der Waals surface area (Å²) >= 11 is 3.73. The van der Waals surface area contributed by atoms with E-state index in [9.17, 15) is 0 Å². The minimum absolute atomic E-state index is 0.371. The summed E-state index contributed by atoms with van der Waals surface area (Å²) in [5.41, 5.74) is 2.61.